The van der Waals surface area contributed by atoms with Gasteiger partial charge in [-0.1, -0.05) is 84.9 Å². The molecule has 0 aliphatic heterocycles. The van der Waals surface area contributed by atoms with Gasteiger partial charge >= 0.3 is 23.9 Å². The normalized spacial score (nSPS) is 12.1. The van der Waals surface area contributed by atoms with Crippen molar-refractivity contribution in [3.63, 3.8) is 0 Å². The molecule has 0 saturated carbocycles. The van der Waals surface area contributed by atoms with Gasteiger partial charge in [0.25, 0.3) is 0 Å². The van der Waals surface area contributed by atoms with Crippen molar-refractivity contribution in [1.29, 1.82) is 0 Å². The topological polar surface area (TPSA) is 254 Å². The number of hydrogen-bond acceptors (Lipinski definition) is 14. The number of fused-ring (bicyclic) bond motifs is 4. The van der Waals surface area contributed by atoms with Crippen LogP contribution < -0.4 is 9.47 Å². The molecule has 0 heterocycles. The van der Waals surface area contributed by atoms with Crippen LogP contribution in [0.4, 0.5) is 0 Å². The standard InChI is InChI=1S/C33H24O10.C15H8O6/c34-27(18-40-16-20-8-3-1-4-9-20)42-25-13-7-12-23-29(25)32(37)30-24(31(23)36)14-22(33(38)39)15-26(30)43-28(35)19-41-17-21-10-5-2-6-11-21;16-9-3-1-2-7-11(9)14(19)12-8(13(7)18)4-6(15(20)21)5-10(12)17/h1-15H,16-19H2,(H,38,39);1-5,16-17H,(H,20,21). The SMILES string of the molecule is O=C(COCc1ccccc1)Oc1cccc2c1C(=O)c1c(OC(=O)COCc3ccccc3)cc(C(=O)O)cc1C2=O.O=C(O)c1cc(O)c2c(c1)C(=O)c1cccc(O)c1C2=O. The number of carboxylic acid groups (broad SMARTS) is 2. The number of carbonyl (C=O) groups is 8. The van der Waals surface area contributed by atoms with Gasteiger partial charge in [0.05, 0.1) is 46.6 Å². The van der Waals surface area contributed by atoms with Gasteiger partial charge in [-0.15, -0.1) is 0 Å². The Hall–Kier alpha value is -8.60. The summed E-state index contributed by atoms with van der Waals surface area (Å²) in [5.41, 5.74) is -0.606. The Morgan fingerprint density at radius 3 is 1.41 bits per heavy atom. The van der Waals surface area contributed by atoms with Crippen molar-refractivity contribution in [2.75, 3.05) is 13.2 Å². The highest BCUT2D eigenvalue weighted by molar-refractivity contribution is 6.31. The van der Waals surface area contributed by atoms with Gasteiger partial charge in [0.1, 0.15) is 36.2 Å². The average molecular weight is 865 g/mol. The number of carboxylic acids is 2. The lowest BCUT2D eigenvalue weighted by molar-refractivity contribution is -0.140. The fourth-order valence-corrected chi connectivity index (χ4v) is 6.91. The third kappa shape index (κ3) is 9.03. The number of phenolic OH excluding ortho intramolecular Hbond substituents is 2. The van der Waals surface area contributed by atoms with Crippen molar-refractivity contribution in [3.05, 3.63) is 188 Å². The molecule has 8 rings (SSSR count). The minimum Gasteiger partial charge on any atom is -0.507 e. The summed E-state index contributed by atoms with van der Waals surface area (Å²) >= 11 is 0. The number of esters is 2. The van der Waals surface area contributed by atoms with Gasteiger partial charge in [0.15, 0.2) is 11.6 Å². The Kier molecular flexibility index (Phi) is 12.6. The second-order valence-electron chi connectivity index (χ2n) is 14.0. The van der Waals surface area contributed by atoms with Gasteiger partial charge in [-0.2, -0.15) is 0 Å². The molecule has 0 aromatic heterocycles. The minimum absolute atomic E-state index is 0.0190. The molecule has 0 saturated heterocycles. The Labute approximate surface area is 361 Å². The monoisotopic (exact) mass is 864 g/mol. The molecule has 4 N–H and O–H groups in total. The molecule has 0 radical (unpaired) electrons. The molecule has 0 unspecified atom stereocenters. The first-order valence-electron chi connectivity index (χ1n) is 19.0. The number of benzene rings is 6. The summed E-state index contributed by atoms with van der Waals surface area (Å²) < 4.78 is 21.6. The van der Waals surface area contributed by atoms with Crippen LogP contribution in [0.3, 0.4) is 0 Å². The number of carbonyl (C=O) groups excluding carboxylic acids is 6. The fraction of sp³-hybridized carbons (Fsp3) is 0.0833. The lowest BCUT2D eigenvalue weighted by Gasteiger charge is -2.22. The van der Waals surface area contributed by atoms with E-state index in [9.17, 15) is 53.7 Å². The van der Waals surface area contributed by atoms with Crippen molar-refractivity contribution in [2.24, 2.45) is 0 Å². The van der Waals surface area contributed by atoms with Crippen molar-refractivity contribution in [3.8, 4) is 23.0 Å². The first kappa shape index (κ1) is 43.5. The summed E-state index contributed by atoms with van der Waals surface area (Å²) in [6.45, 7) is -0.669. The molecule has 64 heavy (non-hydrogen) atoms. The van der Waals surface area contributed by atoms with Gasteiger partial charge in [-0.3, -0.25) is 19.2 Å². The van der Waals surface area contributed by atoms with Crippen LogP contribution in [-0.4, -0.2) is 80.7 Å². The molecule has 0 bridgehead atoms. The van der Waals surface area contributed by atoms with E-state index in [1.165, 1.54) is 36.4 Å². The highest BCUT2D eigenvalue weighted by Gasteiger charge is 2.38. The zero-order valence-corrected chi connectivity index (χ0v) is 33.1. The number of hydrogen-bond donors (Lipinski definition) is 4. The number of aromatic carboxylic acids is 2. The summed E-state index contributed by atoms with van der Waals surface area (Å²) in [5, 5.41) is 38.2. The van der Waals surface area contributed by atoms with Crippen LogP contribution in [0.5, 0.6) is 23.0 Å². The minimum atomic E-state index is -1.40. The van der Waals surface area contributed by atoms with Gasteiger partial charge in [-0.05, 0) is 47.5 Å². The van der Waals surface area contributed by atoms with E-state index in [0.717, 1.165) is 35.4 Å². The maximum Gasteiger partial charge on any atom is 0.337 e. The summed E-state index contributed by atoms with van der Waals surface area (Å²) in [4.78, 5) is 100.0. The summed E-state index contributed by atoms with van der Waals surface area (Å²) in [6.07, 6.45) is 0. The maximum atomic E-state index is 13.8. The van der Waals surface area contributed by atoms with Crippen molar-refractivity contribution in [1.82, 2.24) is 0 Å². The zero-order valence-electron chi connectivity index (χ0n) is 33.1. The maximum absolute atomic E-state index is 13.8. The van der Waals surface area contributed by atoms with E-state index in [4.69, 9.17) is 24.1 Å². The van der Waals surface area contributed by atoms with Crippen LogP contribution in [-0.2, 0) is 32.3 Å². The van der Waals surface area contributed by atoms with E-state index in [1.54, 1.807) is 12.1 Å². The van der Waals surface area contributed by atoms with E-state index in [-0.39, 0.29) is 80.3 Å². The fourth-order valence-electron chi connectivity index (χ4n) is 6.91. The summed E-state index contributed by atoms with van der Waals surface area (Å²) in [7, 11) is 0. The number of phenols is 2. The predicted octanol–water partition coefficient (Wildman–Crippen LogP) is 5.98. The Balaban J connectivity index is 0.000000243. The number of ketones is 4. The van der Waals surface area contributed by atoms with E-state index in [1.807, 2.05) is 48.5 Å². The number of ether oxygens (including phenoxy) is 4. The number of rotatable bonds is 12. The molecule has 16 nitrogen and oxygen atoms in total. The molecule has 6 aromatic carbocycles. The molecule has 0 atom stereocenters. The van der Waals surface area contributed by atoms with Crippen LogP contribution in [0, 0.1) is 0 Å². The smallest absolute Gasteiger partial charge is 0.337 e. The molecule has 2 aliphatic carbocycles. The third-order valence-electron chi connectivity index (χ3n) is 9.78. The first-order valence-corrected chi connectivity index (χ1v) is 19.0. The lowest BCUT2D eigenvalue weighted by Crippen LogP contribution is -2.26. The van der Waals surface area contributed by atoms with E-state index in [2.05, 4.69) is 0 Å². The highest BCUT2D eigenvalue weighted by Crippen LogP contribution is 2.39. The van der Waals surface area contributed by atoms with Crippen LogP contribution in [0.15, 0.2) is 121 Å². The quantitative estimate of drug-likeness (QED) is 0.0814. The van der Waals surface area contributed by atoms with Gasteiger partial charge < -0.3 is 39.4 Å². The van der Waals surface area contributed by atoms with Crippen LogP contribution in [0.1, 0.15) is 95.5 Å². The first-order chi connectivity index (χ1) is 30.7. The number of aromatic hydroxyl groups is 2. The van der Waals surface area contributed by atoms with Crippen LogP contribution in [0.25, 0.3) is 0 Å². The summed E-state index contributed by atoms with van der Waals surface area (Å²) in [6, 6.07) is 30.4. The third-order valence-corrected chi connectivity index (χ3v) is 9.78. The molecular formula is C48H32O16. The highest BCUT2D eigenvalue weighted by atomic mass is 16.6. The van der Waals surface area contributed by atoms with Gasteiger partial charge in [0, 0.05) is 22.3 Å². The molecule has 16 heteroatoms. The van der Waals surface area contributed by atoms with Gasteiger partial charge in [0.2, 0.25) is 11.6 Å². The molecule has 2 aliphatic rings. The van der Waals surface area contributed by atoms with Gasteiger partial charge in [-0.25, -0.2) is 19.2 Å². The van der Waals surface area contributed by atoms with Crippen molar-refractivity contribution >= 4 is 47.0 Å². The van der Waals surface area contributed by atoms with E-state index < -0.39 is 71.7 Å². The predicted molar refractivity (Wildman–Crippen MR) is 220 cm³/mol. The van der Waals surface area contributed by atoms with Crippen molar-refractivity contribution in [2.45, 2.75) is 13.2 Å². The van der Waals surface area contributed by atoms with Crippen molar-refractivity contribution < 1.29 is 77.7 Å². The molecule has 0 spiro atoms. The van der Waals surface area contributed by atoms with E-state index in [0.29, 0.717) is 0 Å². The zero-order chi connectivity index (χ0) is 45.7. The van der Waals surface area contributed by atoms with Crippen LogP contribution >= 0.6 is 0 Å². The molecule has 0 amide bonds. The Morgan fingerprint density at radius 2 is 0.859 bits per heavy atom. The second kappa shape index (κ2) is 18.6. The van der Waals surface area contributed by atoms with E-state index >= 15 is 0 Å². The lowest BCUT2D eigenvalue weighted by atomic mass is 9.82. The molecular weight excluding hydrogens is 833 g/mol. The Bertz CT molecular complexity index is 2920. The largest absolute Gasteiger partial charge is 0.507 e. The molecule has 0 fully saturated rings. The molecule has 6 aromatic rings. The summed E-state index contributed by atoms with van der Waals surface area (Å²) in [5.74, 6) is -8.86. The molecule has 320 valence electrons. The average Bonchev–Trinajstić information content (AvgIpc) is 3.27. The Morgan fingerprint density at radius 1 is 0.422 bits per heavy atom. The van der Waals surface area contributed by atoms with Crippen LogP contribution in [0.2, 0.25) is 0 Å². The second-order valence-corrected chi connectivity index (χ2v) is 14.0.